The molecule has 0 saturated carbocycles. The molecule has 3 heterocycles. The lowest BCUT2D eigenvalue weighted by atomic mass is 9.87. The van der Waals surface area contributed by atoms with Gasteiger partial charge in [-0.1, -0.05) is 182 Å². The standard InChI is InChI=1S/C58H34N4O/c1-3-15-36(16-4-1)56-60-57(37-17-5-2-6-18-37)62-58(61-56)38-29-27-35(28-30-38)55-48-34-51-54(46-24-12-14-26-50(46)63-51)52(53(48)45-23-11-13-25-49(45)59-55)39-31-32-44-42-21-8-7-19-40(42)41-20-9-10-22-43(41)47(44)33-39/h1-34H. The van der Waals surface area contributed by atoms with Gasteiger partial charge in [0.25, 0.3) is 0 Å². The van der Waals surface area contributed by atoms with Crippen LogP contribution in [0.4, 0.5) is 0 Å². The molecule has 0 amide bonds. The van der Waals surface area contributed by atoms with E-state index in [0.717, 1.165) is 82.7 Å². The van der Waals surface area contributed by atoms with Crippen molar-refractivity contribution >= 4 is 75.9 Å². The van der Waals surface area contributed by atoms with E-state index in [4.69, 9.17) is 24.4 Å². The van der Waals surface area contributed by atoms with Crippen LogP contribution >= 0.6 is 0 Å². The van der Waals surface area contributed by atoms with E-state index in [0.29, 0.717) is 17.5 Å². The van der Waals surface area contributed by atoms with Gasteiger partial charge in [-0.25, -0.2) is 19.9 Å². The highest BCUT2D eigenvalue weighted by Crippen LogP contribution is 2.48. The average Bonchev–Trinajstić information content (AvgIpc) is 3.74. The van der Waals surface area contributed by atoms with Crippen LogP contribution in [0.25, 0.3) is 132 Å². The lowest BCUT2D eigenvalue weighted by molar-refractivity contribution is 0.669. The lowest BCUT2D eigenvalue weighted by Gasteiger charge is -2.17. The topological polar surface area (TPSA) is 64.7 Å². The van der Waals surface area contributed by atoms with E-state index in [9.17, 15) is 0 Å². The van der Waals surface area contributed by atoms with Crippen LogP contribution in [0.1, 0.15) is 0 Å². The maximum absolute atomic E-state index is 6.76. The van der Waals surface area contributed by atoms with E-state index < -0.39 is 0 Å². The van der Waals surface area contributed by atoms with Crippen LogP contribution in [0.5, 0.6) is 0 Å². The van der Waals surface area contributed by atoms with Crippen LogP contribution < -0.4 is 0 Å². The van der Waals surface area contributed by atoms with Crippen LogP contribution in [0.3, 0.4) is 0 Å². The second kappa shape index (κ2) is 14.0. The van der Waals surface area contributed by atoms with Crippen molar-refractivity contribution in [2.24, 2.45) is 0 Å². The first-order chi connectivity index (χ1) is 31.2. The Labute approximate surface area is 361 Å². The summed E-state index contributed by atoms with van der Waals surface area (Å²) >= 11 is 0. The monoisotopic (exact) mass is 802 g/mol. The van der Waals surface area contributed by atoms with Crippen molar-refractivity contribution in [1.29, 1.82) is 0 Å². The van der Waals surface area contributed by atoms with E-state index in [1.807, 2.05) is 66.7 Å². The van der Waals surface area contributed by atoms with Crippen LogP contribution in [0.2, 0.25) is 0 Å². The van der Waals surface area contributed by atoms with Crippen LogP contribution in [0, 0.1) is 0 Å². The van der Waals surface area contributed by atoms with E-state index >= 15 is 0 Å². The van der Waals surface area contributed by atoms with Crippen molar-refractivity contribution in [3.63, 3.8) is 0 Å². The minimum atomic E-state index is 0.605. The van der Waals surface area contributed by atoms with Crippen LogP contribution in [-0.2, 0) is 0 Å². The molecule has 13 aromatic rings. The highest BCUT2D eigenvalue weighted by Gasteiger charge is 2.23. The fourth-order valence-electron chi connectivity index (χ4n) is 9.60. The average molecular weight is 803 g/mol. The number of hydrogen-bond acceptors (Lipinski definition) is 5. The largest absolute Gasteiger partial charge is 0.456 e. The van der Waals surface area contributed by atoms with Crippen molar-refractivity contribution in [2.75, 3.05) is 0 Å². The third kappa shape index (κ3) is 5.64. The summed E-state index contributed by atoms with van der Waals surface area (Å²) in [5, 5.41) is 12.9. The van der Waals surface area contributed by atoms with Crippen molar-refractivity contribution in [2.45, 2.75) is 0 Å². The molecule has 0 saturated heterocycles. The number of hydrogen-bond donors (Lipinski definition) is 0. The van der Waals surface area contributed by atoms with Crippen molar-refractivity contribution in [1.82, 2.24) is 19.9 Å². The molecule has 0 spiro atoms. The summed E-state index contributed by atoms with van der Waals surface area (Å²) in [7, 11) is 0. The number of aromatic nitrogens is 4. The molecule has 0 aliphatic heterocycles. The van der Waals surface area contributed by atoms with Gasteiger partial charge in [0.2, 0.25) is 0 Å². The Hall–Kier alpha value is -8.54. The quantitative estimate of drug-likeness (QED) is 0.162. The van der Waals surface area contributed by atoms with Gasteiger partial charge in [0.1, 0.15) is 11.2 Å². The van der Waals surface area contributed by atoms with Gasteiger partial charge >= 0.3 is 0 Å². The summed E-state index contributed by atoms with van der Waals surface area (Å²) < 4.78 is 6.76. The molecule has 13 rings (SSSR count). The van der Waals surface area contributed by atoms with Gasteiger partial charge in [-0.05, 0) is 62.1 Å². The molecule has 5 nitrogen and oxygen atoms in total. The molecule has 10 aromatic carbocycles. The first kappa shape index (κ1) is 35.2. The summed E-state index contributed by atoms with van der Waals surface area (Å²) in [4.78, 5) is 20.3. The Morgan fingerprint density at radius 3 is 1.35 bits per heavy atom. The highest BCUT2D eigenvalue weighted by atomic mass is 16.3. The van der Waals surface area contributed by atoms with Crippen molar-refractivity contribution in [3.8, 4) is 56.5 Å². The predicted molar refractivity (Wildman–Crippen MR) is 260 cm³/mol. The number of fused-ring (bicyclic) bond motifs is 12. The van der Waals surface area contributed by atoms with Gasteiger partial charge < -0.3 is 4.42 Å². The Morgan fingerprint density at radius 2 is 0.730 bits per heavy atom. The molecular formula is C58H34N4O. The van der Waals surface area contributed by atoms with E-state index in [1.165, 1.54) is 32.3 Å². The van der Waals surface area contributed by atoms with Crippen molar-refractivity contribution in [3.05, 3.63) is 206 Å². The lowest BCUT2D eigenvalue weighted by Crippen LogP contribution is -2.00. The van der Waals surface area contributed by atoms with Gasteiger partial charge in [0.15, 0.2) is 17.5 Å². The number of benzene rings is 10. The fourth-order valence-corrected chi connectivity index (χ4v) is 9.60. The Balaban J connectivity index is 1.06. The Morgan fingerprint density at radius 1 is 0.270 bits per heavy atom. The molecule has 5 heteroatoms. The zero-order valence-corrected chi connectivity index (χ0v) is 33.8. The second-order valence-corrected chi connectivity index (χ2v) is 16.1. The van der Waals surface area contributed by atoms with Crippen LogP contribution in [-0.4, -0.2) is 19.9 Å². The molecule has 0 atom stereocenters. The molecule has 0 unspecified atom stereocenters. The zero-order valence-electron chi connectivity index (χ0n) is 33.8. The number of para-hydroxylation sites is 2. The smallest absolute Gasteiger partial charge is 0.164 e. The maximum atomic E-state index is 6.76. The van der Waals surface area contributed by atoms with Gasteiger partial charge in [0, 0.05) is 54.7 Å². The highest BCUT2D eigenvalue weighted by molar-refractivity contribution is 6.30. The fraction of sp³-hybridized carbons (Fsp3) is 0. The Kier molecular flexibility index (Phi) is 7.84. The molecular weight excluding hydrogens is 769 g/mol. The summed E-state index contributed by atoms with van der Waals surface area (Å²) in [6, 6.07) is 72.2. The molecule has 0 bridgehead atoms. The summed E-state index contributed by atoms with van der Waals surface area (Å²) in [6.45, 7) is 0. The zero-order chi connectivity index (χ0) is 41.4. The third-order valence-corrected chi connectivity index (χ3v) is 12.5. The van der Waals surface area contributed by atoms with E-state index in [1.54, 1.807) is 0 Å². The van der Waals surface area contributed by atoms with Crippen molar-refractivity contribution < 1.29 is 4.42 Å². The predicted octanol–water partition coefficient (Wildman–Crippen LogP) is 15.3. The number of rotatable bonds is 5. The minimum absolute atomic E-state index is 0.605. The molecule has 0 fully saturated rings. The Bertz CT molecular complexity index is 3860. The summed E-state index contributed by atoms with van der Waals surface area (Å²) in [6.07, 6.45) is 0. The van der Waals surface area contributed by atoms with Gasteiger partial charge in [-0.15, -0.1) is 0 Å². The maximum Gasteiger partial charge on any atom is 0.164 e. The SMILES string of the molecule is c1ccc(-c2nc(-c3ccccc3)nc(-c3ccc(-c4nc5ccccc5c5c(-c6ccc7c8ccccc8c8ccccc8c7c6)c6c(cc45)oc4ccccc46)cc3)n2)cc1. The molecule has 0 radical (unpaired) electrons. The molecule has 292 valence electrons. The number of furan rings is 1. The normalized spacial score (nSPS) is 11.8. The first-order valence-electron chi connectivity index (χ1n) is 21.2. The molecule has 0 aliphatic carbocycles. The van der Waals surface area contributed by atoms with Gasteiger partial charge in [-0.3, -0.25) is 0 Å². The summed E-state index contributed by atoms with van der Waals surface area (Å²) in [5.74, 6) is 1.86. The van der Waals surface area contributed by atoms with Gasteiger partial charge in [-0.2, -0.15) is 0 Å². The number of nitrogens with zero attached hydrogens (tertiary/aromatic N) is 4. The summed E-state index contributed by atoms with van der Waals surface area (Å²) in [5.41, 5.74) is 9.47. The molecule has 63 heavy (non-hydrogen) atoms. The molecule has 3 aromatic heterocycles. The third-order valence-electron chi connectivity index (χ3n) is 12.5. The first-order valence-corrected chi connectivity index (χ1v) is 21.2. The molecule has 0 N–H and O–H groups in total. The van der Waals surface area contributed by atoms with E-state index in [2.05, 4.69) is 140 Å². The molecule has 0 aliphatic rings. The van der Waals surface area contributed by atoms with E-state index in [-0.39, 0.29) is 0 Å². The van der Waals surface area contributed by atoms with Crippen LogP contribution in [0.15, 0.2) is 211 Å². The second-order valence-electron chi connectivity index (χ2n) is 16.1. The minimum Gasteiger partial charge on any atom is -0.456 e. The van der Waals surface area contributed by atoms with Gasteiger partial charge in [0.05, 0.1) is 11.2 Å². The number of pyridine rings is 1.